The Bertz CT molecular complexity index is 666. The molecule has 1 aromatic carbocycles. The molecule has 2 N–H and O–H groups in total. The summed E-state index contributed by atoms with van der Waals surface area (Å²) in [7, 11) is 3.51. The van der Waals surface area contributed by atoms with Gasteiger partial charge in [-0.25, -0.2) is 0 Å². The van der Waals surface area contributed by atoms with E-state index >= 15 is 0 Å². The van der Waals surface area contributed by atoms with Gasteiger partial charge in [-0.3, -0.25) is 9.48 Å². The molecule has 0 bridgehead atoms. The fraction of sp³-hybridized carbons (Fsp3) is 0.333. The Balaban J connectivity index is 2.19. The van der Waals surface area contributed by atoms with Gasteiger partial charge in [-0.15, -0.1) is 0 Å². The van der Waals surface area contributed by atoms with E-state index in [-0.39, 0.29) is 5.91 Å². The van der Waals surface area contributed by atoms with Crippen molar-refractivity contribution >= 4 is 23.2 Å². The zero-order valence-corrected chi connectivity index (χ0v) is 13.2. The fourth-order valence-electron chi connectivity index (χ4n) is 2.14. The van der Waals surface area contributed by atoms with Crippen molar-refractivity contribution in [3.63, 3.8) is 0 Å². The number of anilines is 1. The normalized spacial score (nSPS) is 10.7. The highest BCUT2D eigenvalue weighted by Gasteiger charge is 2.18. The number of carbonyl (C=O) groups excluding carboxylic acids is 1. The van der Waals surface area contributed by atoms with Gasteiger partial charge >= 0.3 is 0 Å². The molecule has 5 nitrogen and oxygen atoms in total. The van der Waals surface area contributed by atoms with Crippen LogP contribution in [0.1, 0.15) is 28.7 Å². The minimum atomic E-state index is -0.0943. The molecule has 0 saturated heterocycles. The number of nitrogens with two attached hydrogens (primary N) is 1. The molecule has 21 heavy (non-hydrogen) atoms. The second kappa shape index (κ2) is 6.18. The topological polar surface area (TPSA) is 64.2 Å². The molecule has 1 aromatic heterocycles. The van der Waals surface area contributed by atoms with E-state index in [1.165, 1.54) is 0 Å². The van der Waals surface area contributed by atoms with E-state index in [2.05, 4.69) is 5.10 Å². The predicted octanol–water partition coefficient (Wildman–Crippen LogP) is 2.49. The maximum absolute atomic E-state index is 12.5. The molecule has 0 aliphatic heterocycles. The lowest BCUT2D eigenvalue weighted by molar-refractivity contribution is 0.0774. The first-order chi connectivity index (χ1) is 9.92. The van der Waals surface area contributed by atoms with Gasteiger partial charge in [0, 0.05) is 31.4 Å². The first-order valence-corrected chi connectivity index (χ1v) is 7.12. The van der Waals surface area contributed by atoms with Gasteiger partial charge in [0.15, 0.2) is 0 Å². The number of benzene rings is 1. The summed E-state index contributed by atoms with van der Waals surface area (Å²) in [5.41, 5.74) is 8.68. The molecule has 0 unspecified atom stereocenters. The molecule has 0 spiro atoms. The summed E-state index contributed by atoms with van der Waals surface area (Å²) < 4.78 is 1.61. The van der Waals surface area contributed by atoms with E-state index in [1.54, 1.807) is 41.9 Å². The van der Waals surface area contributed by atoms with Crippen LogP contribution in [0.2, 0.25) is 5.02 Å². The van der Waals surface area contributed by atoms with Gasteiger partial charge in [0.25, 0.3) is 5.91 Å². The Labute approximate surface area is 129 Å². The summed E-state index contributed by atoms with van der Waals surface area (Å²) in [5, 5.41) is 4.89. The summed E-state index contributed by atoms with van der Waals surface area (Å²) in [6, 6.07) is 7.08. The van der Waals surface area contributed by atoms with Crippen molar-refractivity contribution in [2.24, 2.45) is 7.05 Å². The highest BCUT2D eigenvalue weighted by Crippen LogP contribution is 2.21. The Morgan fingerprint density at radius 1 is 1.43 bits per heavy atom. The van der Waals surface area contributed by atoms with Crippen LogP contribution in [0.3, 0.4) is 0 Å². The maximum atomic E-state index is 12.5. The van der Waals surface area contributed by atoms with Crippen LogP contribution in [0.25, 0.3) is 0 Å². The summed E-state index contributed by atoms with van der Waals surface area (Å²) >= 11 is 6.14. The molecule has 0 aliphatic carbocycles. The molecule has 2 rings (SSSR count). The van der Waals surface area contributed by atoms with Gasteiger partial charge in [0.05, 0.1) is 5.69 Å². The number of amides is 1. The Kier molecular flexibility index (Phi) is 4.53. The van der Waals surface area contributed by atoms with Crippen LogP contribution in [0, 0.1) is 0 Å². The van der Waals surface area contributed by atoms with E-state index in [0.717, 1.165) is 17.7 Å². The molecular formula is C15H19ClN4O. The van der Waals surface area contributed by atoms with Crippen molar-refractivity contribution in [3.8, 4) is 0 Å². The zero-order valence-electron chi connectivity index (χ0n) is 12.4. The van der Waals surface area contributed by atoms with E-state index in [9.17, 15) is 4.79 Å². The number of aromatic nitrogens is 2. The van der Waals surface area contributed by atoms with Crippen LogP contribution >= 0.6 is 11.6 Å². The highest BCUT2D eigenvalue weighted by molar-refractivity contribution is 6.31. The largest absolute Gasteiger partial charge is 0.399 e. The van der Waals surface area contributed by atoms with Crippen LogP contribution in [0.15, 0.2) is 24.3 Å². The van der Waals surface area contributed by atoms with E-state index < -0.39 is 0 Å². The Morgan fingerprint density at radius 2 is 2.14 bits per heavy atom. The van der Waals surface area contributed by atoms with Crippen LogP contribution in [0.4, 0.5) is 5.69 Å². The Hall–Kier alpha value is -2.01. The van der Waals surface area contributed by atoms with Crippen molar-refractivity contribution in [2.75, 3.05) is 12.8 Å². The summed E-state index contributed by atoms with van der Waals surface area (Å²) in [6.07, 6.45) is 0.798. The predicted molar refractivity (Wildman–Crippen MR) is 84.2 cm³/mol. The molecule has 2 aromatic rings. The SMILES string of the molecule is CCc1cc(C(=O)N(C)Cc2cc(N)ccc2Cl)n(C)n1. The average Bonchev–Trinajstić information content (AvgIpc) is 2.83. The van der Waals surface area contributed by atoms with Crippen LogP contribution in [0.5, 0.6) is 0 Å². The van der Waals surface area contributed by atoms with E-state index in [1.807, 2.05) is 13.0 Å². The van der Waals surface area contributed by atoms with Crippen molar-refractivity contribution in [1.82, 2.24) is 14.7 Å². The lowest BCUT2D eigenvalue weighted by Gasteiger charge is -2.18. The third-order valence-electron chi connectivity index (χ3n) is 3.34. The quantitative estimate of drug-likeness (QED) is 0.883. The lowest BCUT2D eigenvalue weighted by Crippen LogP contribution is -2.28. The zero-order chi connectivity index (χ0) is 15.6. The van der Waals surface area contributed by atoms with Crippen molar-refractivity contribution in [3.05, 3.63) is 46.2 Å². The molecule has 1 amide bonds. The van der Waals surface area contributed by atoms with E-state index in [0.29, 0.717) is 22.9 Å². The monoisotopic (exact) mass is 306 g/mol. The minimum Gasteiger partial charge on any atom is -0.399 e. The third kappa shape index (κ3) is 3.36. The molecule has 1 heterocycles. The van der Waals surface area contributed by atoms with Crippen LogP contribution < -0.4 is 5.73 Å². The number of aryl methyl sites for hydroxylation is 2. The second-order valence-electron chi connectivity index (χ2n) is 5.01. The summed E-state index contributed by atoms with van der Waals surface area (Å²) in [4.78, 5) is 14.1. The number of hydrogen-bond acceptors (Lipinski definition) is 3. The number of hydrogen-bond donors (Lipinski definition) is 1. The number of nitrogens with zero attached hydrogens (tertiary/aromatic N) is 3. The van der Waals surface area contributed by atoms with E-state index in [4.69, 9.17) is 17.3 Å². The first-order valence-electron chi connectivity index (χ1n) is 6.74. The number of nitrogen functional groups attached to an aromatic ring is 1. The molecule has 0 fully saturated rings. The van der Waals surface area contributed by atoms with Gasteiger partial charge in [0.2, 0.25) is 0 Å². The number of carbonyl (C=O) groups is 1. The fourth-order valence-corrected chi connectivity index (χ4v) is 2.32. The van der Waals surface area contributed by atoms with Crippen LogP contribution in [-0.2, 0) is 20.0 Å². The number of halogens is 1. The van der Waals surface area contributed by atoms with Crippen molar-refractivity contribution < 1.29 is 4.79 Å². The molecule has 0 atom stereocenters. The van der Waals surface area contributed by atoms with Gasteiger partial charge in [0.1, 0.15) is 5.69 Å². The standard InChI is InChI=1S/C15H19ClN4O/c1-4-12-8-14(20(3)18-12)15(21)19(2)9-10-7-11(17)5-6-13(10)16/h5-8H,4,9,17H2,1-3H3. The van der Waals surface area contributed by atoms with Crippen molar-refractivity contribution in [2.45, 2.75) is 19.9 Å². The molecule has 0 saturated carbocycles. The maximum Gasteiger partial charge on any atom is 0.272 e. The molecular weight excluding hydrogens is 288 g/mol. The Morgan fingerprint density at radius 3 is 2.76 bits per heavy atom. The van der Waals surface area contributed by atoms with Crippen molar-refractivity contribution in [1.29, 1.82) is 0 Å². The van der Waals surface area contributed by atoms with Gasteiger partial charge in [-0.2, -0.15) is 5.10 Å². The molecule has 0 radical (unpaired) electrons. The summed E-state index contributed by atoms with van der Waals surface area (Å²) in [6.45, 7) is 2.40. The second-order valence-corrected chi connectivity index (χ2v) is 5.42. The molecule has 112 valence electrons. The number of rotatable bonds is 4. The minimum absolute atomic E-state index is 0.0943. The summed E-state index contributed by atoms with van der Waals surface area (Å²) in [5.74, 6) is -0.0943. The van der Waals surface area contributed by atoms with Crippen LogP contribution in [-0.4, -0.2) is 27.6 Å². The molecule has 0 aliphatic rings. The van der Waals surface area contributed by atoms with Gasteiger partial charge in [-0.05, 0) is 36.2 Å². The highest BCUT2D eigenvalue weighted by atomic mass is 35.5. The molecule has 6 heteroatoms. The lowest BCUT2D eigenvalue weighted by atomic mass is 10.2. The van der Waals surface area contributed by atoms with Gasteiger partial charge < -0.3 is 10.6 Å². The third-order valence-corrected chi connectivity index (χ3v) is 3.70. The average molecular weight is 307 g/mol. The van der Waals surface area contributed by atoms with Gasteiger partial charge in [-0.1, -0.05) is 18.5 Å². The first kappa shape index (κ1) is 15.4. The smallest absolute Gasteiger partial charge is 0.272 e.